The first kappa shape index (κ1) is 19.6. The minimum atomic E-state index is -1.06. The zero-order valence-corrected chi connectivity index (χ0v) is 14.6. The van der Waals surface area contributed by atoms with Crippen molar-refractivity contribution < 1.29 is 24.2 Å². The molecule has 0 bridgehead atoms. The van der Waals surface area contributed by atoms with Gasteiger partial charge in [-0.2, -0.15) is 5.10 Å². The van der Waals surface area contributed by atoms with Gasteiger partial charge in [-0.05, 0) is 48.4 Å². The molecule has 0 aromatic heterocycles. The molecule has 8 heteroatoms. The Balaban J connectivity index is 1.77. The van der Waals surface area contributed by atoms with Crippen LogP contribution in [0.5, 0.6) is 5.75 Å². The summed E-state index contributed by atoms with van der Waals surface area (Å²) in [6, 6.07) is 13.6. The molecule has 0 radical (unpaired) electrons. The molecule has 0 aliphatic rings. The van der Waals surface area contributed by atoms with Crippen LogP contribution in [0.25, 0.3) is 0 Å². The number of hydrogen-bond donors (Lipinski definition) is 3. The van der Waals surface area contributed by atoms with E-state index in [0.29, 0.717) is 16.9 Å². The maximum Gasteiger partial charge on any atom is 0.341 e. The van der Waals surface area contributed by atoms with E-state index in [2.05, 4.69) is 15.8 Å². The van der Waals surface area contributed by atoms with Crippen molar-refractivity contribution in [2.75, 3.05) is 13.2 Å². The minimum Gasteiger partial charge on any atom is -0.482 e. The molecule has 27 heavy (non-hydrogen) atoms. The van der Waals surface area contributed by atoms with Gasteiger partial charge in [-0.15, -0.1) is 0 Å². The van der Waals surface area contributed by atoms with Crippen molar-refractivity contribution in [1.29, 1.82) is 0 Å². The van der Waals surface area contributed by atoms with Crippen molar-refractivity contribution in [3.05, 3.63) is 65.2 Å². The summed E-state index contributed by atoms with van der Waals surface area (Å²) < 4.78 is 5.01. The largest absolute Gasteiger partial charge is 0.482 e. The van der Waals surface area contributed by atoms with E-state index in [-0.39, 0.29) is 12.5 Å². The van der Waals surface area contributed by atoms with Gasteiger partial charge in [0.05, 0.1) is 12.8 Å². The molecule has 0 aliphatic heterocycles. The molecule has 0 fully saturated rings. The van der Waals surface area contributed by atoms with Crippen molar-refractivity contribution in [2.45, 2.75) is 6.92 Å². The van der Waals surface area contributed by atoms with Gasteiger partial charge in [-0.3, -0.25) is 9.59 Å². The molecule has 0 saturated heterocycles. The van der Waals surface area contributed by atoms with Gasteiger partial charge in [0.1, 0.15) is 5.75 Å². The number of carboxylic acid groups (broad SMARTS) is 1. The maximum atomic E-state index is 12.0. The van der Waals surface area contributed by atoms with Crippen molar-refractivity contribution in [3.63, 3.8) is 0 Å². The van der Waals surface area contributed by atoms with Gasteiger partial charge in [-0.25, -0.2) is 10.2 Å². The minimum absolute atomic E-state index is 0.202. The lowest BCUT2D eigenvalue weighted by atomic mass is 10.1. The average Bonchev–Trinajstić information content (AvgIpc) is 2.66. The van der Waals surface area contributed by atoms with Gasteiger partial charge in [0.25, 0.3) is 11.8 Å². The summed E-state index contributed by atoms with van der Waals surface area (Å²) in [5, 5.41) is 14.9. The number of carbonyl (C=O) groups is 3. The third-order valence-corrected chi connectivity index (χ3v) is 3.44. The Labute approximate surface area is 155 Å². The van der Waals surface area contributed by atoms with Gasteiger partial charge in [0, 0.05) is 5.56 Å². The molecule has 3 N–H and O–H groups in total. The van der Waals surface area contributed by atoms with E-state index in [1.54, 1.807) is 36.4 Å². The molecule has 0 unspecified atom stereocenters. The number of aliphatic carboxylic acids is 1. The summed E-state index contributed by atoms with van der Waals surface area (Å²) in [5.74, 6) is -1.44. The Morgan fingerprint density at radius 2 is 1.81 bits per heavy atom. The summed E-state index contributed by atoms with van der Waals surface area (Å²) in [6.07, 6.45) is 1.42. The number of nitrogens with zero attached hydrogens (tertiary/aromatic N) is 1. The molecular weight excluding hydrogens is 350 g/mol. The lowest BCUT2D eigenvalue weighted by molar-refractivity contribution is -0.139. The van der Waals surface area contributed by atoms with Gasteiger partial charge < -0.3 is 15.2 Å². The Hall–Kier alpha value is -3.68. The summed E-state index contributed by atoms with van der Waals surface area (Å²) in [6.45, 7) is 1.20. The molecule has 2 aromatic carbocycles. The molecule has 140 valence electrons. The summed E-state index contributed by atoms with van der Waals surface area (Å²) in [7, 11) is 0. The van der Waals surface area contributed by atoms with Crippen LogP contribution in [0.1, 0.15) is 21.5 Å². The van der Waals surface area contributed by atoms with Crippen LogP contribution in [0.2, 0.25) is 0 Å². The Morgan fingerprint density at radius 3 is 2.48 bits per heavy atom. The lowest BCUT2D eigenvalue weighted by Crippen LogP contribution is -2.35. The highest BCUT2D eigenvalue weighted by atomic mass is 16.5. The zero-order chi connectivity index (χ0) is 19.6. The first-order valence-electron chi connectivity index (χ1n) is 8.06. The van der Waals surface area contributed by atoms with Crippen molar-refractivity contribution >= 4 is 24.0 Å². The molecule has 2 aromatic rings. The molecule has 8 nitrogen and oxygen atoms in total. The highest BCUT2D eigenvalue weighted by Gasteiger charge is 2.09. The van der Waals surface area contributed by atoms with Crippen molar-refractivity contribution in [3.8, 4) is 5.75 Å². The second-order valence-corrected chi connectivity index (χ2v) is 5.54. The van der Waals surface area contributed by atoms with Crippen LogP contribution in [-0.2, 0) is 9.59 Å². The highest BCUT2D eigenvalue weighted by Crippen LogP contribution is 2.10. The molecular formula is C19H19N3O5. The van der Waals surface area contributed by atoms with E-state index in [9.17, 15) is 14.4 Å². The predicted octanol–water partition coefficient (Wildman–Crippen LogP) is 1.34. The number of hydrazone groups is 1. The van der Waals surface area contributed by atoms with Crippen LogP contribution in [0.15, 0.2) is 53.6 Å². The van der Waals surface area contributed by atoms with Gasteiger partial charge in [0.2, 0.25) is 0 Å². The van der Waals surface area contributed by atoms with E-state index in [4.69, 9.17) is 9.84 Å². The average molecular weight is 369 g/mol. The molecule has 0 spiro atoms. The molecule has 0 heterocycles. The number of amides is 2. The van der Waals surface area contributed by atoms with Crippen molar-refractivity contribution in [2.24, 2.45) is 5.10 Å². The van der Waals surface area contributed by atoms with Gasteiger partial charge >= 0.3 is 5.97 Å². The Bertz CT molecular complexity index is 847. The molecule has 0 atom stereocenters. The maximum absolute atomic E-state index is 12.0. The van der Waals surface area contributed by atoms with E-state index in [0.717, 1.165) is 5.56 Å². The van der Waals surface area contributed by atoms with Crippen molar-refractivity contribution in [1.82, 2.24) is 10.7 Å². The second-order valence-electron chi connectivity index (χ2n) is 5.54. The summed E-state index contributed by atoms with van der Waals surface area (Å²) in [4.78, 5) is 34.2. The monoisotopic (exact) mass is 369 g/mol. The molecule has 2 rings (SSSR count). The van der Waals surface area contributed by atoms with Crippen LogP contribution < -0.4 is 15.5 Å². The van der Waals surface area contributed by atoms with Gasteiger partial charge in [0.15, 0.2) is 6.61 Å². The predicted molar refractivity (Wildman–Crippen MR) is 98.8 cm³/mol. The molecule has 0 aliphatic carbocycles. The number of aryl methyl sites for hydroxylation is 1. The Morgan fingerprint density at radius 1 is 1.11 bits per heavy atom. The number of benzene rings is 2. The van der Waals surface area contributed by atoms with Crippen LogP contribution in [0.3, 0.4) is 0 Å². The van der Waals surface area contributed by atoms with E-state index in [1.165, 1.54) is 6.21 Å². The summed E-state index contributed by atoms with van der Waals surface area (Å²) in [5.41, 5.74) is 4.33. The first-order chi connectivity index (χ1) is 13.0. The third kappa shape index (κ3) is 6.62. The van der Waals surface area contributed by atoms with Gasteiger partial charge in [-0.1, -0.05) is 18.2 Å². The molecule has 2 amide bonds. The first-order valence-corrected chi connectivity index (χ1v) is 8.06. The number of hydrogen-bond acceptors (Lipinski definition) is 5. The SMILES string of the molecule is Cc1ccccc1C(=O)NCC(=O)N/N=C/c1ccc(OCC(=O)O)cc1. The van der Waals surface area contributed by atoms with Crippen LogP contribution in [0.4, 0.5) is 0 Å². The smallest absolute Gasteiger partial charge is 0.341 e. The van der Waals surface area contributed by atoms with Crippen LogP contribution in [0, 0.1) is 6.92 Å². The quantitative estimate of drug-likeness (QED) is 0.479. The fraction of sp³-hybridized carbons (Fsp3) is 0.158. The normalized spacial score (nSPS) is 10.4. The number of carboxylic acids is 1. The highest BCUT2D eigenvalue weighted by molar-refractivity contribution is 5.97. The fourth-order valence-electron chi connectivity index (χ4n) is 2.10. The standard InChI is InChI=1S/C19H19N3O5/c1-13-4-2-3-5-16(13)19(26)20-11-17(23)22-21-10-14-6-8-15(9-7-14)27-12-18(24)25/h2-10H,11-12H2,1H3,(H,20,26)(H,22,23)(H,24,25)/b21-10+. The third-order valence-electron chi connectivity index (χ3n) is 3.44. The number of rotatable bonds is 8. The topological polar surface area (TPSA) is 117 Å². The number of ether oxygens (including phenoxy) is 1. The van der Waals surface area contributed by atoms with E-state index in [1.807, 2.05) is 19.1 Å². The number of carbonyl (C=O) groups excluding carboxylic acids is 2. The fourth-order valence-corrected chi connectivity index (χ4v) is 2.10. The van der Waals surface area contributed by atoms with Crippen LogP contribution in [-0.4, -0.2) is 42.3 Å². The summed E-state index contributed by atoms with van der Waals surface area (Å²) >= 11 is 0. The molecule has 0 saturated carbocycles. The zero-order valence-electron chi connectivity index (χ0n) is 14.6. The second kappa shape index (κ2) is 9.71. The van der Waals surface area contributed by atoms with E-state index < -0.39 is 18.5 Å². The number of nitrogens with one attached hydrogen (secondary N) is 2. The van der Waals surface area contributed by atoms with E-state index >= 15 is 0 Å². The lowest BCUT2D eigenvalue weighted by Gasteiger charge is -2.06. The Kier molecular flexibility index (Phi) is 7.07. The van der Waals surface area contributed by atoms with Crippen LogP contribution >= 0.6 is 0 Å².